The molecule has 0 radical (unpaired) electrons. The molecular formula is C22H25N3O3. The maximum atomic E-state index is 13.1. The number of rotatable bonds is 3. The van der Waals surface area contributed by atoms with E-state index in [4.69, 9.17) is 4.42 Å². The molecule has 0 aliphatic carbocycles. The van der Waals surface area contributed by atoms with Crippen molar-refractivity contribution in [2.24, 2.45) is 0 Å². The Balaban J connectivity index is 1.60. The van der Waals surface area contributed by atoms with Crippen LogP contribution in [0.25, 0.3) is 11.1 Å². The first-order valence-corrected chi connectivity index (χ1v) is 9.49. The smallest absolute Gasteiger partial charge is 0.254 e. The summed E-state index contributed by atoms with van der Waals surface area (Å²) in [5.41, 5.74) is 1.83. The average Bonchev–Trinajstić information content (AvgIpc) is 3.07. The fourth-order valence-corrected chi connectivity index (χ4v) is 4.12. The highest BCUT2D eigenvalue weighted by atomic mass is 16.3. The Morgan fingerprint density at radius 2 is 2.00 bits per heavy atom. The fourth-order valence-electron chi connectivity index (χ4n) is 4.12. The van der Waals surface area contributed by atoms with E-state index >= 15 is 0 Å². The van der Waals surface area contributed by atoms with Gasteiger partial charge in [-0.15, -0.1) is 0 Å². The van der Waals surface area contributed by atoms with Gasteiger partial charge in [-0.1, -0.05) is 30.3 Å². The van der Waals surface area contributed by atoms with Gasteiger partial charge in [0.2, 0.25) is 0 Å². The number of carbonyl (C=O) groups excluding carboxylic acids is 1. The van der Waals surface area contributed by atoms with Gasteiger partial charge in [0, 0.05) is 25.6 Å². The lowest BCUT2D eigenvalue weighted by Crippen LogP contribution is -2.60. The van der Waals surface area contributed by atoms with Crippen LogP contribution in [0.3, 0.4) is 0 Å². The summed E-state index contributed by atoms with van der Waals surface area (Å²) >= 11 is 0. The number of benzene rings is 2. The van der Waals surface area contributed by atoms with Crippen molar-refractivity contribution in [1.29, 1.82) is 0 Å². The molecule has 3 aromatic rings. The third kappa shape index (κ3) is 3.19. The van der Waals surface area contributed by atoms with Gasteiger partial charge in [-0.3, -0.25) is 4.79 Å². The van der Waals surface area contributed by atoms with Crippen LogP contribution in [-0.4, -0.2) is 59.0 Å². The van der Waals surface area contributed by atoms with Crippen LogP contribution < -0.4 is 0 Å². The minimum absolute atomic E-state index is 0.0575. The Morgan fingerprint density at radius 1 is 1.25 bits per heavy atom. The lowest BCUT2D eigenvalue weighted by Gasteiger charge is -2.47. The standard InChI is InChI=1S/C22H25N3O3/c1-15-23-18-10-9-16(13-19(18)28-15)21(26)25-12-11-22(27,20(14-25)24(2)3)17-7-5-4-6-8-17/h4-10,13,20,27H,11-12,14H2,1-3H3/t20-,22+/m1/s1. The molecule has 6 nitrogen and oxygen atoms in total. The predicted octanol–water partition coefficient (Wildman–Crippen LogP) is 2.80. The molecule has 146 valence electrons. The number of aliphatic hydroxyl groups is 1. The molecule has 0 saturated carbocycles. The van der Waals surface area contributed by atoms with Crippen molar-refractivity contribution in [3.8, 4) is 0 Å². The normalized spacial score (nSPS) is 22.8. The molecule has 0 spiro atoms. The second kappa shape index (κ2) is 7.04. The summed E-state index contributed by atoms with van der Waals surface area (Å²) in [5.74, 6) is 0.524. The summed E-state index contributed by atoms with van der Waals surface area (Å²) in [5, 5.41) is 11.5. The SMILES string of the molecule is Cc1nc2ccc(C(=O)N3CC[C@](O)(c4ccccc4)[C@H](N(C)C)C3)cc2o1. The molecule has 1 aliphatic heterocycles. The van der Waals surface area contributed by atoms with E-state index in [1.807, 2.05) is 60.3 Å². The van der Waals surface area contributed by atoms with Crippen molar-refractivity contribution in [1.82, 2.24) is 14.8 Å². The summed E-state index contributed by atoms with van der Waals surface area (Å²) in [6.07, 6.45) is 0.481. The van der Waals surface area contributed by atoms with E-state index in [-0.39, 0.29) is 11.9 Å². The minimum atomic E-state index is -0.993. The quantitative estimate of drug-likeness (QED) is 0.758. The number of amides is 1. The van der Waals surface area contributed by atoms with Crippen LogP contribution in [-0.2, 0) is 5.60 Å². The van der Waals surface area contributed by atoms with E-state index in [2.05, 4.69) is 4.98 Å². The van der Waals surface area contributed by atoms with Crippen LogP contribution in [0.1, 0.15) is 28.2 Å². The molecule has 1 N–H and O–H groups in total. The van der Waals surface area contributed by atoms with Gasteiger partial charge in [-0.25, -0.2) is 4.98 Å². The summed E-state index contributed by atoms with van der Waals surface area (Å²) in [6, 6.07) is 14.9. The topological polar surface area (TPSA) is 69.8 Å². The van der Waals surface area contributed by atoms with Crippen molar-refractivity contribution in [2.75, 3.05) is 27.2 Å². The van der Waals surface area contributed by atoms with E-state index < -0.39 is 5.60 Å². The number of likely N-dealkylation sites (tertiary alicyclic amines) is 1. The number of aromatic nitrogens is 1. The average molecular weight is 379 g/mol. The number of carbonyl (C=O) groups is 1. The third-order valence-electron chi connectivity index (χ3n) is 5.63. The first-order valence-electron chi connectivity index (χ1n) is 9.49. The van der Waals surface area contributed by atoms with E-state index in [0.29, 0.717) is 36.5 Å². The van der Waals surface area contributed by atoms with Crippen LogP contribution in [0.15, 0.2) is 52.9 Å². The Kier molecular flexibility index (Phi) is 4.69. The van der Waals surface area contributed by atoms with Crippen molar-refractivity contribution in [2.45, 2.75) is 25.0 Å². The van der Waals surface area contributed by atoms with Crippen molar-refractivity contribution < 1.29 is 14.3 Å². The monoisotopic (exact) mass is 379 g/mol. The first-order chi connectivity index (χ1) is 13.4. The van der Waals surface area contributed by atoms with Crippen LogP contribution in [0.5, 0.6) is 0 Å². The second-order valence-electron chi connectivity index (χ2n) is 7.69. The molecule has 6 heteroatoms. The predicted molar refractivity (Wildman–Crippen MR) is 107 cm³/mol. The Bertz CT molecular complexity index is 999. The largest absolute Gasteiger partial charge is 0.441 e. The van der Waals surface area contributed by atoms with E-state index in [1.165, 1.54) is 0 Å². The highest BCUT2D eigenvalue weighted by molar-refractivity contribution is 5.97. The van der Waals surface area contributed by atoms with E-state index in [9.17, 15) is 9.90 Å². The Hall–Kier alpha value is -2.70. The van der Waals surface area contributed by atoms with Crippen molar-refractivity contribution >= 4 is 17.0 Å². The van der Waals surface area contributed by atoms with Gasteiger partial charge < -0.3 is 19.3 Å². The zero-order valence-corrected chi connectivity index (χ0v) is 16.4. The van der Waals surface area contributed by atoms with Gasteiger partial charge in [0.1, 0.15) is 11.1 Å². The zero-order chi connectivity index (χ0) is 19.9. The molecule has 2 heterocycles. The van der Waals surface area contributed by atoms with Crippen molar-refractivity contribution in [3.63, 3.8) is 0 Å². The van der Waals surface area contributed by atoms with Gasteiger partial charge in [0.05, 0.1) is 6.04 Å². The lowest BCUT2D eigenvalue weighted by molar-refractivity contribution is -0.0810. The summed E-state index contributed by atoms with van der Waals surface area (Å²) in [6.45, 7) is 2.73. The maximum absolute atomic E-state index is 13.1. The molecule has 4 rings (SSSR count). The molecule has 1 aromatic heterocycles. The molecule has 1 amide bonds. The van der Waals surface area contributed by atoms with E-state index in [0.717, 1.165) is 11.1 Å². The summed E-state index contributed by atoms with van der Waals surface area (Å²) in [4.78, 5) is 21.2. The second-order valence-corrected chi connectivity index (χ2v) is 7.69. The maximum Gasteiger partial charge on any atom is 0.254 e. The van der Waals surface area contributed by atoms with E-state index in [1.54, 1.807) is 19.1 Å². The van der Waals surface area contributed by atoms with Crippen LogP contribution in [0.4, 0.5) is 0 Å². The van der Waals surface area contributed by atoms with Crippen molar-refractivity contribution in [3.05, 3.63) is 65.5 Å². The van der Waals surface area contributed by atoms with Crippen LogP contribution in [0, 0.1) is 6.92 Å². The molecule has 1 fully saturated rings. The van der Waals surface area contributed by atoms with Gasteiger partial charge >= 0.3 is 0 Å². The van der Waals surface area contributed by atoms with Gasteiger partial charge in [-0.05, 0) is 44.3 Å². The highest BCUT2D eigenvalue weighted by Gasteiger charge is 2.45. The number of fused-ring (bicyclic) bond motifs is 1. The highest BCUT2D eigenvalue weighted by Crippen LogP contribution is 2.35. The number of hydrogen-bond donors (Lipinski definition) is 1. The zero-order valence-electron chi connectivity index (χ0n) is 16.4. The van der Waals surface area contributed by atoms with Crippen LogP contribution in [0.2, 0.25) is 0 Å². The summed E-state index contributed by atoms with van der Waals surface area (Å²) < 4.78 is 5.57. The summed E-state index contributed by atoms with van der Waals surface area (Å²) in [7, 11) is 3.88. The molecule has 2 atom stereocenters. The number of aryl methyl sites for hydroxylation is 1. The fraction of sp³-hybridized carbons (Fsp3) is 0.364. The Labute approximate surface area is 164 Å². The Morgan fingerprint density at radius 3 is 2.71 bits per heavy atom. The van der Waals surface area contributed by atoms with Gasteiger partial charge in [-0.2, -0.15) is 0 Å². The molecule has 1 saturated heterocycles. The molecule has 0 unspecified atom stereocenters. The third-order valence-corrected chi connectivity index (χ3v) is 5.63. The molecular weight excluding hydrogens is 354 g/mol. The van der Waals surface area contributed by atoms with Gasteiger partial charge in [0.15, 0.2) is 11.5 Å². The number of nitrogens with zero attached hydrogens (tertiary/aromatic N) is 3. The molecule has 28 heavy (non-hydrogen) atoms. The molecule has 1 aliphatic rings. The van der Waals surface area contributed by atoms with Gasteiger partial charge in [0.25, 0.3) is 5.91 Å². The minimum Gasteiger partial charge on any atom is -0.441 e. The number of hydrogen-bond acceptors (Lipinski definition) is 5. The lowest BCUT2D eigenvalue weighted by atomic mass is 9.79. The first kappa shape index (κ1) is 18.7. The molecule has 0 bridgehead atoms. The van der Waals surface area contributed by atoms with Crippen LogP contribution >= 0.6 is 0 Å². The molecule has 2 aromatic carbocycles. The number of piperidine rings is 1. The number of oxazole rings is 1. The number of likely N-dealkylation sites (N-methyl/N-ethyl adjacent to an activating group) is 1.